The van der Waals surface area contributed by atoms with Gasteiger partial charge in [0.2, 0.25) is 5.91 Å². The molecular formula is C23H24ClN3O5. The zero-order valence-electron chi connectivity index (χ0n) is 18.0. The highest BCUT2D eigenvalue weighted by Crippen LogP contribution is 2.38. The predicted molar refractivity (Wildman–Crippen MR) is 122 cm³/mol. The third kappa shape index (κ3) is 5.39. The van der Waals surface area contributed by atoms with Gasteiger partial charge in [0.1, 0.15) is 12.2 Å². The second-order valence-electron chi connectivity index (χ2n) is 7.16. The fourth-order valence-electron chi connectivity index (χ4n) is 2.97. The van der Waals surface area contributed by atoms with E-state index in [1.165, 1.54) is 13.2 Å². The summed E-state index contributed by atoms with van der Waals surface area (Å²) in [6, 6.07) is 11.3. The normalized spacial score (nSPS) is 15.5. The SMILES string of the molecule is CC[C@@H](C)Oc1c(Cl)cc(/C=C2\NC(=O)N(CC(=O)Nc3ccccc3)C2=O)cc1OC. The Morgan fingerprint density at radius 1 is 1.25 bits per heavy atom. The Labute approximate surface area is 191 Å². The van der Waals surface area contributed by atoms with Crippen LogP contribution in [0.2, 0.25) is 5.02 Å². The van der Waals surface area contributed by atoms with E-state index in [-0.39, 0.29) is 11.8 Å². The maximum absolute atomic E-state index is 12.7. The summed E-state index contributed by atoms with van der Waals surface area (Å²) >= 11 is 6.37. The maximum Gasteiger partial charge on any atom is 0.329 e. The number of nitrogens with one attached hydrogen (secondary N) is 2. The summed E-state index contributed by atoms with van der Waals surface area (Å²) in [5, 5.41) is 5.44. The molecule has 0 unspecified atom stereocenters. The maximum atomic E-state index is 12.7. The number of anilines is 1. The molecule has 0 saturated carbocycles. The van der Waals surface area contributed by atoms with E-state index < -0.39 is 24.4 Å². The van der Waals surface area contributed by atoms with Gasteiger partial charge >= 0.3 is 6.03 Å². The molecule has 3 rings (SSSR count). The fraction of sp³-hybridized carbons (Fsp3) is 0.261. The molecule has 1 atom stereocenters. The van der Waals surface area contributed by atoms with Crippen molar-refractivity contribution in [1.29, 1.82) is 0 Å². The van der Waals surface area contributed by atoms with Gasteiger partial charge in [0.15, 0.2) is 11.5 Å². The van der Waals surface area contributed by atoms with Crippen LogP contribution in [0, 0.1) is 0 Å². The Morgan fingerprint density at radius 2 is 1.97 bits per heavy atom. The van der Waals surface area contributed by atoms with Gasteiger partial charge in [-0.05, 0) is 49.2 Å². The van der Waals surface area contributed by atoms with Crippen LogP contribution in [0.25, 0.3) is 6.08 Å². The van der Waals surface area contributed by atoms with E-state index in [0.29, 0.717) is 27.8 Å². The van der Waals surface area contributed by atoms with Crippen molar-refractivity contribution in [3.8, 4) is 11.5 Å². The number of para-hydroxylation sites is 1. The van der Waals surface area contributed by atoms with Gasteiger partial charge in [-0.25, -0.2) is 9.69 Å². The van der Waals surface area contributed by atoms with Gasteiger partial charge in [0.05, 0.1) is 18.2 Å². The number of hydrogen-bond acceptors (Lipinski definition) is 5. The minimum atomic E-state index is -0.681. The van der Waals surface area contributed by atoms with Crippen LogP contribution in [0.4, 0.5) is 10.5 Å². The lowest BCUT2D eigenvalue weighted by Crippen LogP contribution is -2.38. The number of ether oxygens (including phenoxy) is 2. The Kier molecular flexibility index (Phi) is 7.37. The Balaban J connectivity index is 1.76. The van der Waals surface area contributed by atoms with Crippen LogP contribution in [-0.4, -0.2) is 42.5 Å². The topological polar surface area (TPSA) is 97.0 Å². The lowest BCUT2D eigenvalue weighted by molar-refractivity contribution is -0.127. The molecule has 0 bridgehead atoms. The molecule has 168 valence electrons. The molecule has 0 spiro atoms. The van der Waals surface area contributed by atoms with Gasteiger partial charge in [-0.15, -0.1) is 0 Å². The van der Waals surface area contributed by atoms with E-state index >= 15 is 0 Å². The average molecular weight is 458 g/mol. The van der Waals surface area contributed by atoms with Gasteiger partial charge < -0.3 is 20.1 Å². The number of nitrogens with zero attached hydrogens (tertiary/aromatic N) is 1. The van der Waals surface area contributed by atoms with Crippen molar-refractivity contribution in [3.05, 3.63) is 58.7 Å². The molecular weight excluding hydrogens is 434 g/mol. The van der Waals surface area contributed by atoms with E-state index in [9.17, 15) is 14.4 Å². The molecule has 2 N–H and O–H groups in total. The van der Waals surface area contributed by atoms with E-state index in [1.807, 2.05) is 19.9 Å². The Hall–Kier alpha value is -3.52. The molecule has 1 heterocycles. The minimum absolute atomic E-state index is 0.0243. The summed E-state index contributed by atoms with van der Waals surface area (Å²) in [5.74, 6) is -0.294. The van der Waals surface area contributed by atoms with Crippen molar-refractivity contribution in [2.75, 3.05) is 19.0 Å². The average Bonchev–Trinajstić information content (AvgIpc) is 3.03. The van der Waals surface area contributed by atoms with Crippen LogP contribution >= 0.6 is 11.6 Å². The molecule has 0 radical (unpaired) electrons. The Morgan fingerprint density at radius 3 is 2.62 bits per heavy atom. The summed E-state index contributed by atoms with van der Waals surface area (Å²) in [4.78, 5) is 38.1. The van der Waals surface area contributed by atoms with Gasteiger partial charge in [0.25, 0.3) is 5.91 Å². The predicted octanol–water partition coefficient (Wildman–Crippen LogP) is 4.06. The van der Waals surface area contributed by atoms with Crippen LogP contribution in [0.5, 0.6) is 11.5 Å². The standard InChI is InChI=1S/C23H24ClN3O5/c1-4-14(2)32-21-17(24)10-15(12-19(21)31-3)11-18-22(29)27(23(30)26-18)13-20(28)25-16-8-6-5-7-9-16/h5-12,14H,4,13H2,1-3H3,(H,25,28)(H,26,30)/b18-11-/t14-/m1/s1. The second-order valence-corrected chi connectivity index (χ2v) is 7.57. The molecule has 2 aromatic carbocycles. The summed E-state index contributed by atoms with van der Waals surface area (Å²) in [7, 11) is 1.49. The first kappa shape index (κ1) is 23.1. The number of halogens is 1. The van der Waals surface area contributed by atoms with Crippen molar-refractivity contribution in [1.82, 2.24) is 10.2 Å². The van der Waals surface area contributed by atoms with E-state index in [2.05, 4.69) is 10.6 Å². The van der Waals surface area contributed by atoms with Crippen molar-refractivity contribution in [3.63, 3.8) is 0 Å². The molecule has 32 heavy (non-hydrogen) atoms. The molecule has 0 aliphatic carbocycles. The number of urea groups is 1. The first-order valence-corrected chi connectivity index (χ1v) is 10.4. The molecule has 9 heteroatoms. The van der Waals surface area contributed by atoms with E-state index in [4.69, 9.17) is 21.1 Å². The monoisotopic (exact) mass is 457 g/mol. The number of hydrogen-bond donors (Lipinski definition) is 2. The number of imide groups is 1. The van der Waals surface area contributed by atoms with Crippen LogP contribution in [0.3, 0.4) is 0 Å². The van der Waals surface area contributed by atoms with Gasteiger partial charge in [-0.3, -0.25) is 9.59 Å². The minimum Gasteiger partial charge on any atom is -0.493 e. The number of amides is 4. The summed E-state index contributed by atoms with van der Waals surface area (Å²) in [5.41, 5.74) is 1.13. The number of rotatable bonds is 8. The summed E-state index contributed by atoms with van der Waals surface area (Å²) < 4.78 is 11.2. The molecule has 1 saturated heterocycles. The number of benzene rings is 2. The fourth-order valence-corrected chi connectivity index (χ4v) is 3.23. The zero-order chi connectivity index (χ0) is 23.3. The lowest BCUT2D eigenvalue weighted by atomic mass is 10.1. The van der Waals surface area contributed by atoms with E-state index in [1.54, 1.807) is 36.4 Å². The van der Waals surface area contributed by atoms with Crippen molar-refractivity contribution >= 4 is 41.2 Å². The first-order chi connectivity index (χ1) is 15.3. The highest BCUT2D eigenvalue weighted by Gasteiger charge is 2.35. The smallest absolute Gasteiger partial charge is 0.329 e. The van der Waals surface area contributed by atoms with Gasteiger partial charge in [-0.2, -0.15) is 0 Å². The second kappa shape index (κ2) is 10.2. The summed E-state index contributed by atoms with van der Waals surface area (Å²) in [6.45, 7) is 3.49. The molecule has 4 amide bonds. The lowest BCUT2D eigenvalue weighted by Gasteiger charge is -2.17. The highest BCUT2D eigenvalue weighted by molar-refractivity contribution is 6.32. The van der Waals surface area contributed by atoms with E-state index in [0.717, 1.165) is 11.3 Å². The largest absolute Gasteiger partial charge is 0.493 e. The van der Waals surface area contributed by atoms with Crippen LogP contribution < -0.4 is 20.1 Å². The van der Waals surface area contributed by atoms with Crippen molar-refractivity contribution in [2.45, 2.75) is 26.4 Å². The Bertz CT molecular complexity index is 1060. The number of carbonyl (C=O) groups excluding carboxylic acids is 3. The van der Waals surface area contributed by atoms with Crippen LogP contribution in [-0.2, 0) is 9.59 Å². The molecule has 2 aromatic rings. The van der Waals surface area contributed by atoms with Crippen LogP contribution in [0.1, 0.15) is 25.8 Å². The van der Waals surface area contributed by atoms with Crippen LogP contribution in [0.15, 0.2) is 48.2 Å². The molecule has 8 nitrogen and oxygen atoms in total. The van der Waals surface area contributed by atoms with Crippen molar-refractivity contribution < 1.29 is 23.9 Å². The molecule has 1 aliphatic rings. The quantitative estimate of drug-likeness (QED) is 0.460. The van der Waals surface area contributed by atoms with Gasteiger partial charge in [-0.1, -0.05) is 36.7 Å². The molecule has 1 fully saturated rings. The first-order valence-electron chi connectivity index (χ1n) is 10.1. The van der Waals surface area contributed by atoms with Crippen molar-refractivity contribution in [2.24, 2.45) is 0 Å². The third-order valence-corrected chi connectivity index (χ3v) is 5.06. The highest BCUT2D eigenvalue weighted by atomic mass is 35.5. The zero-order valence-corrected chi connectivity index (χ0v) is 18.7. The van der Waals surface area contributed by atoms with Gasteiger partial charge in [0, 0.05) is 5.69 Å². The third-order valence-electron chi connectivity index (χ3n) is 4.78. The molecule has 1 aliphatic heterocycles. The molecule has 0 aromatic heterocycles. The summed E-state index contributed by atoms with van der Waals surface area (Å²) in [6.07, 6.45) is 2.20. The number of methoxy groups -OCH3 is 1. The number of carbonyl (C=O) groups is 3.